The van der Waals surface area contributed by atoms with E-state index >= 15 is 0 Å². The summed E-state index contributed by atoms with van der Waals surface area (Å²) in [5.41, 5.74) is -0.244. The lowest BCUT2D eigenvalue weighted by Gasteiger charge is -2.13. The number of aryl methyl sites for hydroxylation is 1. The Hall–Kier alpha value is -1.82. The zero-order valence-corrected chi connectivity index (χ0v) is 10.5. The molecule has 0 aliphatic rings. The van der Waals surface area contributed by atoms with E-state index in [1.165, 1.54) is 0 Å². The lowest BCUT2D eigenvalue weighted by Crippen LogP contribution is -2.10. The normalized spacial score (nSPS) is 11.4. The maximum absolute atomic E-state index is 12.8. The van der Waals surface area contributed by atoms with Crippen molar-refractivity contribution in [3.05, 3.63) is 47.0 Å². The first-order valence-electron chi connectivity index (χ1n) is 5.20. The largest absolute Gasteiger partial charge is 0.452 e. The van der Waals surface area contributed by atoms with Gasteiger partial charge in [-0.15, -0.1) is 0 Å². The van der Waals surface area contributed by atoms with Crippen LogP contribution < -0.4 is 4.74 Å². The molecule has 2 rings (SSSR count). The molecule has 1 aromatic heterocycles. The van der Waals surface area contributed by atoms with Crippen LogP contribution >= 0.6 is 11.6 Å². The predicted octanol–water partition coefficient (Wildman–Crippen LogP) is 4.25. The van der Waals surface area contributed by atoms with E-state index in [9.17, 15) is 13.2 Å². The Morgan fingerprint density at radius 3 is 2.32 bits per heavy atom. The maximum atomic E-state index is 12.8. The molecule has 1 heterocycles. The Labute approximate surface area is 112 Å². The number of aromatic nitrogens is 2. The highest BCUT2D eigenvalue weighted by atomic mass is 35.5. The third kappa shape index (κ3) is 3.14. The molecule has 7 heteroatoms. The first kappa shape index (κ1) is 13.6. The molecule has 1 aromatic carbocycles. The molecule has 0 unspecified atom stereocenters. The summed E-state index contributed by atoms with van der Waals surface area (Å²) in [5.74, 6) is -0.367. The van der Waals surface area contributed by atoms with Crippen molar-refractivity contribution in [1.82, 2.24) is 9.97 Å². The van der Waals surface area contributed by atoms with Crippen LogP contribution in [0.1, 0.15) is 11.3 Å². The summed E-state index contributed by atoms with van der Waals surface area (Å²) in [5, 5.41) is -0.386. The lowest BCUT2D eigenvalue weighted by molar-refractivity contribution is -0.142. The van der Waals surface area contributed by atoms with Crippen molar-refractivity contribution in [1.29, 1.82) is 0 Å². The number of ether oxygens (including phenoxy) is 1. The van der Waals surface area contributed by atoms with Gasteiger partial charge in [-0.3, -0.25) is 0 Å². The number of alkyl halides is 3. The second-order valence-electron chi connectivity index (χ2n) is 3.76. The molecule has 19 heavy (non-hydrogen) atoms. The average molecular weight is 289 g/mol. The minimum Gasteiger partial charge on any atom is -0.452 e. The van der Waals surface area contributed by atoms with Crippen molar-refractivity contribution in [2.45, 2.75) is 13.1 Å². The van der Waals surface area contributed by atoms with E-state index in [0.29, 0.717) is 0 Å². The molecule has 2 aromatic rings. The van der Waals surface area contributed by atoms with Gasteiger partial charge in [0.05, 0.1) is 0 Å². The second-order valence-corrected chi connectivity index (χ2v) is 4.11. The van der Waals surface area contributed by atoms with Crippen LogP contribution in [0.15, 0.2) is 30.6 Å². The van der Waals surface area contributed by atoms with Gasteiger partial charge < -0.3 is 4.74 Å². The zero-order chi connectivity index (χ0) is 14.0. The average Bonchev–Trinajstić information content (AvgIpc) is 2.33. The van der Waals surface area contributed by atoms with Crippen molar-refractivity contribution >= 4 is 11.6 Å². The van der Waals surface area contributed by atoms with E-state index in [0.717, 1.165) is 11.9 Å². The van der Waals surface area contributed by atoms with Crippen LogP contribution in [0.5, 0.6) is 11.5 Å². The first-order valence-corrected chi connectivity index (χ1v) is 5.58. The smallest absolute Gasteiger partial charge is 0.437 e. The Morgan fingerprint density at radius 2 is 1.74 bits per heavy atom. The van der Waals surface area contributed by atoms with Gasteiger partial charge >= 0.3 is 6.18 Å². The Bertz CT molecular complexity index is 585. The summed E-state index contributed by atoms with van der Waals surface area (Å²) >= 11 is 5.64. The van der Waals surface area contributed by atoms with Gasteiger partial charge in [-0.25, -0.2) is 9.97 Å². The summed E-state index contributed by atoms with van der Waals surface area (Å²) in [7, 11) is 0. The van der Waals surface area contributed by atoms with Gasteiger partial charge in [0.2, 0.25) is 0 Å². The van der Waals surface area contributed by atoms with Crippen molar-refractivity contribution in [2.24, 2.45) is 0 Å². The van der Waals surface area contributed by atoms with Gasteiger partial charge in [0, 0.05) is 0 Å². The highest BCUT2D eigenvalue weighted by molar-refractivity contribution is 6.30. The van der Waals surface area contributed by atoms with Crippen LogP contribution in [0.2, 0.25) is 5.15 Å². The molecular weight excluding hydrogens is 281 g/mol. The molecule has 0 radical (unpaired) electrons. The summed E-state index contributed by atoms with van der Waals surface area (Å²) < 4.78 is 43.4. The molecule has 0 N–H and O–H groups in total. The minimum absolute atomic E-state index is 0.229. The van der Waals surface area contributed by atoms with Crippen LogP contribution in [0.3, 0.4) is 0 Å². The molecule has 0 atom stereocenters. The van der Waals surface area contributed by atoms with E-state index in [1.54, 1.807) is 24.3 Å². The van der Waals surface area contributed by atoms with E-state index in [2.05, 4.69) is 9.97 Å². The fraction of sp³-hybridized carbons (Fsp3) is 0.167. The molecule has 0 bridgehead atoms. The molecule has 0 aliphatic carbocycles. The molecule has 0 spiro atoms. The van der Waals surface area contributed by atoms with Crippen molar-refractivity contribution < 1.29 is 17.9 Å². The second kappa shape index (κ2) is 5.05. The van der Waals surface area contributed by atoms with E-state index < -0.39 is 17.6 Å². The minimum atomic E-state index is -4.66. The highest BCUT2D eigenvalue weighted by Gasteiger charge is 2.38. The van der Waals surface area contributed by atoms with Crippen LogP contribution in [0.25, 0.3) is 0 Å². The van der Waals surface area contributed by atoms with Gasteiger partial charge in [0.1, 0.15) is 12.1 Å². The molecule has 3 nitrogen and oxygen atoms in total. The topological polar surface area (TPSA) is 35.0 Å². The number of halogens is 4. The molecule has 100 valence electrons. The van der Waals surface area contributed by atoms with Crippen LogP contribution in [-0.2, 0) is 6.18 Å². The maximum Gasteiger partial charge on any atom is 0.437 e. The lowest BCUT2D eigenvalue weighted by atomic mass is 10.2. The zero-order valence-electron chi connectivity index (χ0n) is 9.70. The molecule has 0 saturated carbocycles. The summed E-state index contributed by atoms with van der Waals surface area (Å²) in [4.78, 5) is 6.68. The van der Waals surface area contributed by atoms with Crippen molar-refractivity contribution in [3.63, 3.8) is 0 Å². The van der Waals surface area contributed by atoms with Crippen LogP contribution in [0.4, 0.5) is 13.2 Å². The van der Waals surface area contributed by atoms with Gasteiger partial charge in [0.25, 0.3) is 0 Å². The summed E-state index contributed by atoms with van der Waals surface area (Å²) in [6.45, 7) is 1.85. The number of nitrogens with zero attached hydrogens (tertiary/aromatic N) is 2. The monoisotopic (exact) mass is 288 g/mol. The van der Waals surface area contributed by atoms with Crippen LogP contribution in [-0.4, -0.2) is 9.97 Å². The number of rotatable bonds is 2. The summed E-state index contributed by atoms with van der Waals surface area (Å²) in [6, 6.07) is 6.50. The predicted molar refractivity (Wildman–Crippen MR) is 63.3 cm³/mol. The quantitative estimate of drug-likeness (QED) is 0.775. The first-order chi connectivity index (χ1) is 8.88. The summed E-state index contributed by atoms with van der Waals surface area (Å²) in [6.07, 6.45) is -3.92. The Kier molecular flexibility index (Phi) is 3.61. The van der Waals surface area contributed by atoms with Crippen LogP contribution in [0, 0.1) is 6.92 Å². The Balaban J connectivity index is 2.42. The van der Waals surface area contributed by atoms with Crippen molar-refractivity contribution in [2.75, 3.05) is 0 Å². The molecular formula is C12H8ClF3N2O. The number of hydrogen-bond donors (Lipinski definition) is 0. The standard InChI is InChI=1S/C12H8ClF3N2O/c1-7-2-4-8(5-3-7)19-9-10(12(14,15)16)17-6-18-11(9)13/h2-6H,1H3. The molecule has 0 amide bonds. The van der Waals surface area contributed by atoms with Gasteiger partial charge in [-0.05, 0) is 19.1 Å². The van der Waals surface area contributed by atoms with E-state index in [1.807, 2.05) is 6.92 Å². The number of hydrogen-bond acceptors (Lipinski definition) is 3. The third-order valence-corrected chi connectivity index (χ3v) is 2.54. The third-order valence-electron chi connectivity index (χ3n) is 2.27. The molecule has 0 saturated heterocycles. The van der Waals surface area contributed by atoms with Gasteiger partial charge in [-0.1, -0.05) is 29.3 Å². The van der Waals surface area contributed by atoms with Gasteiger partial charge in [0.15, 0.2) is 16.6 Å². The SMILES string of the molecule is Cc1ccc(Oc2c(Cl)ncnc2C(F)(F)F)cc1. The van der Waals surface area contributed by atoms with E-state index in [4.69, 9.17) is 16.3 Å². The fourth-order valence-electron chi connectivity index (χ4n) is 1.37. The highest BCUT2D eigenvalue weighted by Crippen LogP contribution is 2.39. The number of benzene rings is 1. The molecule has 0 aliphatic heterocycles. The fourth-order valence-corrected chi connectivity index (χ4v) is 1.54. The van der Waals surface area contributed by atoms with Crippen molar-refractivity contribution in [3.8, 4) is 11.5 Å². The van der Waals surface area contributed by atoms with E-state index in [-0.39, 0.29) is 10.9 Å². The van der Waals surface area contributed by atoms with Gasteiger partial charge in [-0.2, -0.15) is 13.2 Å². The Morgan fingerprint density at radius 1 is 1.11 bits per heavy atom. The molecule has 0 fully saturated rings.